The molecule has 40 heavy (non-hydrogen) atoms. The molecule has 0 unspecified atom stereocenters. The van der Waals surface area contributed by atoms with Gasteiger partial charge < -0.3 is 20.5 Å². The number of nitro benzene ring substituents is 1. The maximum atomic E-state index is 12.3. The summed E-state index contributed by atoms with van der Waals surface area (Å²) in [6.45, 7) is 2.90. The third-order valence-electron chi connectivity index (χ3n) is 5.74. The molecule has 0 radical (unpaired) electrons. The number of ether oxygens (including phenoxy) is 1. The van der Waals surface area contributed by atoms with Crippen molar-refractivity contribution in [1.82, 2.24) is 4.90 Å². The molecule has 3 aromatic rings. The Labute approximate surface area is 227 Å². The average molecular weight is 561 g/mol. The molecule has 3 aromatic carbocycles. The number of amides is 2. The molecular formula is C27H27F3N4O6. The number of benzene rings is 3. The number of aliphatic carboxylic acids is 1. The number of nitrogens with zero attached hydrogens (tertiary/aromatic N) is 2. The van der Waals surface area contributed by atoms with Crippen molar-refractivity contribution in [3.8, 4) is 5.75 Å². The van der Waals surface area contributed by atoms with Gasteiger partial charge in [-0.05, 0) is 36.6 Å². The van der Waals surface area contributed by atoms with Crippen molar-refractivity contribution in [2.24, 2.45) is 0 Å². The summed E-state index contributed by atoms with van der Waals surface area (Å²) < 4.78 is 37.9. The number of hydrogen-bond acceptors (Lipinski definition) is 6. The second kappa shape index (κ2) is 13.9. The van der Waals surface area contributed by atoms with Gasteiger partial charge in [-0.25, -0.2) is 9.59 Å². The van der Waals surface area contributed by atoms with Crippen LogP contribution in [0.15, 0.2) is 78.9 Å². The van der Waals surface area contributed by atoms with E-state index in [0.717, 1.165) is 32.5 Å². The summed E-state index contributed by atoms with van der Waals surface area (Å²) in [5.41, 5.74) is 2.16. The van der Waals surface area contributed by atoms with Crippen LogP contribution in [0.1, 0.15) is 18.4 Å². The number of carboxylic acid groups (broad SMARTS) is 1. The number of non-ortho nitro benzene ring substituents is 1. The van der Waals surface area contributed by atoms with Crippen LogP contribution in [0.5, 0.6) is 5.75 Å². The number of urea groups is 1. The zero-order valence-electron chi connectivity index (χ0n) is 21.1. The average Bonchev–Trinajstić information content (AvgIpc) is 2.90. The minimum absolute atomic E-state index is 0.0852. The van der Waals surface area contributed by atoms with E-state index >= 15 is 0 Å². The fourth-order valence-corrected chi connectivity index (χ4v) is 3.86. The van der Waals surface area contributed by atoms with Gasteiger partial charge in [0.15, 0.2) is 0 Å². The molecule has 4 rings (SSSR count). The Balaban J connectivity index is 0.000000559. The molecule has 2 amide bonds. The third-order valence-corrected chi connectivity index (χ3v) is 5.74. The number of piperidine rings is 1. The minimum Gasteiger partial charge on any atom is -0.490 e. The molecule has 1 aliphatic rings. The molecule has 0 saturated carbocycles. The van der Waals surface area contributed by atoms with Crippen LogP contribution < -0.4 is 15.4 Å². The summed E-state index contributed by atoms with van der Waals surface area (Å²) in [7, 11) is 0. The quantitative estimate of drug-likeness (QED) is 0.241. The van der Waals surface area contributed by atoms with Crippen molar-refractivity contribution in [1.29, 1.82) is 0 Å². The largest absolute Gasteiger partial charge is 0.490 e. The highest BCUT2D eigenvalue weighted by Gasteiger charge is 2.38. The molecule has 0 atom stereocenters. The third kappa shape index (κ3) is 9.91. The standard InChI is InChI=1S/C25H26N4O4.C2HF3O2/c30-25(26-20-8-4-10-22(16-20)29(31)32)27-21-9-5-11-24(17-21)33-23-12-14-28(15-13-23)18-19-6-2-1-3-7-19;3-2(4,5)1(6)7/h1-11,16-17,23H,12-15,18H2,(H2,26,27,30);(H,6,7). The van der Waals surface area contributed by atoms with Crippen LogP contribution in [0.4, 0.5) is 35.0 Å². The summed E-state index contributed by atoms with van der Waals surface area (Å²) in [5, 5.41) is 23.4. The maximum absolute atomic E-state index is 12.3. The molecule has 0 spiro atoms. The number of carbonyl (C=O) groups is 2. The topological polar surface area (TPSA) is 134 Å². The Hall–Kier alpha value is -4.65. The normalized spacial score (nSPS) is 13.9. The molecule has 1 heterocycles. The Morgan fingerprint density at radius 3 is 2.10 bits per heavy atom. The number of carbonyl (C=O) groups excluding carboxylic acids is 1. The Bertz CT molecular complexity index is 1300. The first-order valence-electron chi connectivity index (χ1n) is 12.1. The van der Waals surface area contributed by atoms with Crippen LogP contribution in [0.3, 0.4) is 0 Å². The van der Waals surface area contributed by atoms with Crippen molar-refractivity contribution in [2.45, 2.75) is 31.7 Å². The zero-order valence-corrected chi connectivity index (χ0v) is 21.1. The minimum atomic E-state index is -5.08. The number of likely N-dealkylation sites (tertiary alicyclic amines) is 1. The molecule has 1 aliphatic heterocycles. The highest BCUT2D eigenvalue weighted by atomic mass is 19.4. The van der Waals surface area contributed by atoms with E-state index in [1.807, 2.05) is 18.2 Å². The van der Waals surface area contributed by atoms with Gasteiger partial charge in [0.2, 0.25) is 0 Å². The first kappa shape index (κ1) is 29.9. The summed E-state index contributed by atoms with van der Waals surface area (Å²) in [5.74, 6) is -2.06. The molecule has 0 bridgehead atoms. The van der Waals surface area contributed by atoms with E-state index in [2.05, 4.69) is 39.8 Å². The van der Waals surface area contributed by atoms with Crippen molar-refractivity contribution in [2.75, 3.05) is 23.7 Å². The van der Waals surface area contributed by atoms with Crippen LogP contribution in [0.2, 0.25) is 0 Å². The van der Waals surface area contributed by atoms with Gasteiger partial charge in [-0.3, -0.25) is 15.0 Å². The van der Waals surface area contributed by atoms with Gasteiger partial charge in [-0.1, -0.05) is 42.5 Å². The summed E-state index contributed by atoms with van der Waals surface area (Å²) >= 11 is 0. The molecule has 0 aliphatic carbocycles. The first-order valence-corrected chi connectivity index (χ1v) is 12.1. The van der Waals surface area contributed by atoms with Crippen LogP contribution in [0, 0.1) is 10.1 Å². The Morgan fingerprint density at radius 2 is 1.52 bits per heavy atom. The lowest BCUT2D eigenvalue weighted by molar-refractivity contribution is -0.384. The van der Waals surface area contributed by atoms with E-state index in [-0.39, 0.29) is 11.8 Å². The maximum Gasteiger partial charge on any atom is 0.490 e. The number of halogens is 3. The van der Waals surface area contributed by atoms with Gasteiger partial charge in [-0.15, -0.1) is 0 Å². The van der Waals surface area contributed by atoms with E-state index in [9.17, 15) is 28.1 Å². The van der Waals surface area contributed by atoms with E-state index in [1.54, 1.807) is 18.2 Å². The zero-order chi connectivity index (χ0) is 29.1. The summed E-state index contributed by atoms with van der Waals surface area (Å²) in [6.07, 6.45) is -3.07. The van der Waals surface area contributed by atoms with E-state index in [1.165, 1.54) is 23.8 Å². The number of alkyl halides is 3. The highest BCUT2D eigenvalue weighted by Crippen LogP contribution is 2.24. The molecule has 1 saturated heterocycles. The van der Waals surface area contributed by atoms with Crippen LogP contribution in [-0.4, -0.2) is 52.3 Å². The van der Waals surface area contributed by atoms with Crippen LogP contribution >= 0.6 is 0 Å². The predicted octanol–water partition coefficient (Wildman–Crippen LogP) is 5.92. The number of nitrogens with one attached hydrogen (secondary N) is 2. The SMILES string of the molecule is O=C(Nc1cccc(OC2CCN(Cc3ccccc3)CC2)c1)Nc1cccc([N+](=O)[O-])c1.O=C(O)C(F)(F)F. The summed E-state index contributed by atoms with van der Waals surface area (Å²) in [6, 6.07) is 23.0. The van der Waals surface area contributed by atoms with Crippen LogP contribution in [-0.2, 0) is 11.3 Å². The molecular weight excluding hydrogens is 533 g/mol. The van der Waals surface area contributed by atoms with Gasteiger partial charge in [-0.2, -0.15) is 13.2 Å². The predicted molar refractivity (Wildman–Crippen MR) is 141 cm³/mol. The highest BCUT2D eigenvalue weighted by molar-refractivity contribution is 6.00. The number of hydrogen-bond donors (Lipinski definition) is 3. The number of rotatable bonds is 7. The van der Waals surface area contributed by atoms with Crippen molar-refractivity contribution >= 4 is 29.1 Å². The molecule has 13 heteroatoms. The Kier molecular flexibility index (Phi) is 10.4. The molecule has 3 N–H and O–H groups in total. The lowest BCUT2D eigenvalue weighted by Gasteiger charge is -2.32. The van der Waals surface area contributed by atoms with Crippen molar-refractivity contribution in [3.63, 3.8) is 0 Å². The molecule has 0 aromatic heterocycles. The number of anilines is 2. The molecule has 212 valence electrons. The van der Waals surface area contributed by atoms with Crippen LogP contribution in [0.25, 0.3) is 0 Å². The summed E-state index contributed by atoms with van der Waals surface area (Å²) in [4.78, 5) is 34.0. The smallest absolute Gasteiger partial charge is 0.490 e. The van der Waals surface area contributed by atoms with E-state index < -0.39 is 23.1 Å². The van der Waals surface area contributed by atoms with Gasteiger partial charge >= 0.3 is 18.2 Å². The fraction of sp³-hybridized carbons (Fsp3) is 0.259. The van der Waals surface area contributed by atoms with Gasteiger partial charge in [0, 0.05) is 49.2 Å². The van der Waals surface area contributed by atoms with Crippen molar-refractivity contribution < 1.29 is 37.5 Å². The monoisotopic (exact) mass is 560 g/mol. The second-order valence-electron chi connectivity index (χ2n) is 8.80. The first-order chi connectivity index (χ1) is 19.0. The Morgan fingerprint density at radius 1 is 0.950 bits per heavy atom. The van der Waals surface area contributed by atoms with E-state index in [4.69, 9.17) is 14.6 Å². The van der Waals surface area contributed by atoms with Gasteiger partial charge in [0.25, 0.3) is 5.69 Å². The lowest BCUT2D eigenvalue weighted by atomic mass is 10.1. The number of nitro groups is 1. The fourth-order valence-electron chi connectivity index (χ4n) is 3.86. The lowest BCUT2D eigenvalue weighted by Crippen LogP contribution is -2.37. The molecule has 10 nitrogen and oxygen atoms in total. The van der Waals surface area contributed by atoms with Gasteiger partial charge in [0.1, 0.15) is 11.9 Å². The number of carboxylic acids is 1. The van der Waals surface area contributed by atoms with Gasteiger partial charge in [0.05, 0.1) is 4.92 Å². The second-order valence-corrected chi connectivity index (χ2v) is 8.80. The molecule has 1 fully saturated rings. The van der Waals surface area contributed by atoms with Crippen molar-refractivity contribution in [3.05, 3.63) is 94.5 Å². The van der Waals surface area contributed by atoms with E-state index in [0.29, 0.717) is 17.1 Å².